The van der Waals surface area contributed by atoms with Crippen LogP contribution in [0.4, 0.5) is 15.8 Å². The molecule has 0 atom stereocenters. The fourth-order valence-electron chi connectivity index (χ4n) is 1.78. The van der Waals surface area contributed by atoms with Crippen LogP contribution in [0.5, 0.6) is 0 Å². The number of unbranched alkanes of at least 4 members (excludes halogenated alkanes) is 3. The van der Waals surface area contributed by atoms with E-state index in [2.05, 4.69) is 5.32 Å². The van der Waals surface area contributed by atoms with Crippen molar-refractivity contribution in [1.29, 1.82) is 0 Å². The van der Waals surface area contributed by atoms with Crippen LogP contribution in [0.25, 0.3) is 0 Å². The van der Waals surface area contributed by atoms with Crippen LogP contribution in [-0.4, -0.2) is 22.5 Å². The minimum absolute atomic E-state index is 0.164. The molecule has 1 aromatic carbocycles. The summed E-state index contributed by atoms with van der Waals surface area (Å²) in [4.78, 5) is 20.4. The van der Waals surface area contributed by atoms with Crippen LogP contribution in [0, 0.1) is 15.9 Å². The minimum atomic E-state index is -0.801. The van der Waals surface area contributed by atoms with Gasteiger partial charge in [0.05, 0.1) is 11.0 Å². The maximum atomic E-state index is 12.9. The van der Waals surface area contributed by atoms with Crippen LogP contribution < -0.4 is 5.32 Å². The van der Waals surface area contributed by atoms with Gasteiger partial charge in [-0.15, -0.1) is 0 Å². The van der Waals surface area contributed by atoms with Crippen LogP contribution >= 0.6 is 0 Å². The van der Waals surface area contributed by atoms with Gasteiger partial charge in [-0.05, 0) is 25.0 Å². The van der Waals surface area contributed by atoms with Crippen molar-refractivity contribution in [2.75, 3.05) is 11.9 Å². The molecular weight excluding hydrogens is 267 g/mol. The number of halogens is 1. The molecule has 0 heterocycles. The molecular formula is C13H17FN2O4. The molecule has 1 rings (SSSR count). The first kappa shape index (κ1) is 15.9. The Morgan fingerprint density at radius 1 is 1.30 bits per heavy atom. The van der Waals surface area contributed by atoms with E-state index in [9.17, 15) is 19.3 Å². The van der Waals surface area contributed by atoms with E-state index >= 15 is 0 Å². The summed E-state index contributed by atoms with van der Waals surface area (Å²) in [6, 6.07) is 3.40. The Kier molecular flexibility index (Phi) is 6.42. The molecule has 0 aliphatic rings. The number of nitro groups is 1. The number of carbonyl (C=O) groups is 1. The summed E-state index contributed by atoms with van der Waals surface area (Å²) < 4.78 is 12.9. The highest BCUT2D eigenvalue weighted by molar-refractivity contribution is 5.66. The Hall–Kier alpha value is -2.18. The molecule has 0 radical (unpaired) electrons. The number of nitrogens with one attached hydrogen (secondary N) is 1. The molecule has 0 saturated heterocycles. The first-order valence-electron chi connectivity index (χ1n) is 6.40. The summed E-state index contributed by atoms with van der Waals surface area (Å²) in [7, 11) is 0. The Labute approximate surface area is 115 Å². The number of hydrogen-bond acceptors (Lipinski definition) is 4. The zero-order chi connectivity index (χ0) is 15.0. The van der Waals surface area contributed by atoms with Crippen LogP contribution in [-0.2, 0) is 4.79 Å². The lowest BCUT2D eigenvalue weighted by Gasteiger charge is -2.07. The summed E-state index contributed by atoms with van der Waals surface area (Å²) in [6.07, 6.45) is 3.21. The van der Waals surface area contributed by atoms with Crippen molar-refractivity contribution < 1.29 is 19.2 Å². The topological polar surface area (TPSA) is 92.5 Å². The van der Waals surface area contributed by atoms with Gasteiger partial charge in [0.2, 0.25) is 0 Å². The highest BCUT2D eigenvalue weighted by atomic mass is 19.1. The summed E-state index contributed by atoms with van der Waals surface area (Å²) in [5.74, 6) is -1.44. The summed E-state index contributed by atoms with van der Waals surface area (Å²) in [5, 5.41) is 22.1. The first-order valence-corrected chi connectivity index (χ1v) is 6.40. The van der Waals surface area contributed by atoms with E-state index in [1.165, 1.54) is 12.1 Å². The summed E-state index contributed by atoms with van der Waals surface area (Å²) in [5.41, 5.74) is 0.0119. The Bertz CT molecular complexity index is 479. The quantitative estimate of drug-likeness (QED) is 0.412. The lowest BCUT2D eigenvalue weighted by atomic mass is 10.1. The van der Waals surface area contributed by atoms with Gasteiger partial charge in [-0.25, -0.2) is 4.39 Å². The molecule has 0 aliphatic heterocycles. The molecule has 2 N–H and O–H groups in total. The highest BCUT2D eigenvalue weighted by Crippen LogP contribution is 2.24. The second-order valence-electron chi connectivity index (χ2n) is 4.40. The maximum Gasteiger partial charge on any atom is 0.303 e. The molecule has 0 aliphatic carbocycles. The molecule has 0 fully saturated rings. The molecule has 0 unspecified atom stereocenters. The molecule has 1 aromatic rings. The van der Waals surface area contributed by atoms with E-state index in [1.807, 2.05) is 0 Å². The monoisotopic (exact) mass is 284 g/mol. The number of carboxylic acid groups (broad SMARTS) is 1. The smallest absolute Gasteiger partial charge is 0.303 e. The van der Waals surface area contributed by atoms with Crippen molar-refractivity contribution in [2.45, 2.75) is 32.1 Å². The number of benzene rings is 1. The fraction of sp³-hybridized carbons (Fsp3) is 0.462. The van der Waals surface area contributed by atoms with E-state index in [-0.39, 0.29) is 12.1 Å². The number of nitrogens with zero attached hydrogens (tertiary/aromatic N) is 1. The van der Waals surface area contributed by atoms with Crippen LogP contribution in [0.2, 0.25) is 0 Å². The van der Waals surface area contributed by atoms with Gasteiger partial charge < -0.3 is 10.4 Å². The number of aliphatic carboxylic acids is 1. The number of anilines is 1. The zero-order valence-corrected chi connectivity index (χ0v) is 11.0. The minimum Gasteiger partial charge on any atom is -0.481 e. The largest absolute Gasteiger partial charge is 0.481 e. The van der Waals surface area contributed by atoms with Crippen LogP contribution in [0.1, 0.15) is 32.1 Å². The standard InChI is InChI=1S/C13H17FN2O4/c14-10-6-7-11(12(9-10)16(19)20)15-8-4-2-1-3-5-13(17)18/h6-7,9,15H,1-5,8H2,(H,17,18). The van der Waals surface area contributed by atoms with Gasteiger partial charge in [-0.2, -0.15) is 0 Å². The third-order valence-electron chi connectivity index (χ3n) is 2.79. The summed E-state index contributed by atoms with van der Waals surface area (Å²) in [6.45, 7) is 0.527. The second kappa shape index (κ2) is 8.08. The Morgan fingerprint density at radius 3 is 2.65 bits per heavy atom. The lowest BCUT2D eigenvalue weighted by molar-refractivity contribution is -0.384. The molecule has 0 bridgehead atoms. The van der Waals surface area contributed by atoms with E-state index in [1.54, 1.807) is 0 Å². The number of nitro benzene ring substituents is 1. The first-order chi connectivity index (χ1) is 9.50. The molecule has 20 heavy (non-hydrogen) atoms. The molecule has 6 nitrogen and oxygen atoms in total. The van der Waals surface area contributed by atoms with Gasteiger partial charge in [0.25, 0.3) is 5.69 Å². The van der Waals surface area contributed by atoms with Gasteiger partial charge in [-0.1, -0.05) is 12.8 Å². The zero-order valence-electron chi connectivity index (χ0n) is 11.0. The van der Waals surface area contributed by atoms with Crippen molar-refractivity contribution in [3.63, 3.8) is 0 Å². The molecule has 7 heteroatoms. The average Bonchev–Trinajstić information content (AvgIpc) is 2.38. The van der Waals surface area contributed by atoms with Crippen molar-refractivity contribution in [1.82, 2.24) is 0 Å². The normalized spacial score (nSPS) is 10.2. The predicted octanol–water partition coefficient (Wildman–Crippen LogP) is 3.18. The second-order valence-corrected chi connectivity index (χ2v) is 4.40. The van der Waals surface area contributed by atoms with E-state index < -0.39 is 16.7 Å². The number of carboxylic acids is 1. The molecule has 0 aromatic heterocycles. The lowest BCUT2D eigenvalue weighted by Crippen LogP contribution is -2.04. The summed E-state index contributed by atoms with van der Waals surface area (Å²) >= 11 is 0. The van der Waals surface area contributed by atoms with Crippen molar-refractivity contribution >= 4 is 17.3 Å². The van der Waals surface area contributed by atoms with Gasteiger partial charge in [0.1, 0.15) is 11.5 Å². The van der Waals surface area contributed by atoms with Crippen molar-refractivity contribution in [3.05, 3.63) is 34.1 Å². The fourth-order valence-corrected chi connectivity index (χ4v) is 1.78. The molecule has 0 saturated carbocycles. The highest BCUT2D eigenvalue weighted by Gasteiger charge is 2.14. The Balaban J connectivity index is 2.32. The van der Waals surface area contributed by atoms with Crippen molar-refractivity contribution in [2.24, 2.45) is 0 Å². The molecule has 0 amide bonds. The van der Waals surface area contributed by atoms with E-state index in [4.69, 9.17) is 5.11 Å². The Morgan fingerprint density at radius 2 is 2.00 bits per heavy atom. The van der Waals surface area contributed by atoms with Gasteiger partial charge in [-0.3, -0.25) is 14.9 Å². The third kappa shape index (κ3) is 5.64. The van der Waals surface area contributed by atoms with Crippen LogP contribution in [0.3, 0.4) is 0 Å². The van der Waals surface area contributed by atoms with Gasteiger partial charge in [0.15, 0.2) is 0 Å². The number of hydrogen-bond donors (Lipinski definition) is 2. The van der Waals surface area contributed by atoms with E-state index in [0.717, 1.165) is 25.3 Å². The number of rotatable bonds is 9. The predicted molar refractivity (Wildman–Crippen MR) is 72.3 cm³/mol. The third-order valence-corrected chi connectivity index (χ3v) is 2.79. The van der Waals surface area contributed by atoms with E-state index in [0.29, 0.717) is 18.7 Å². The van der Waals surface area contributed by atoms with Crippen LogP contribution in [0.15, 0.2) is 18.2 Å². The van der Waals surface area contributed by atoms with Gasteiger partial charge >= 0.3 is 5.97 Å². The van der Waals surface area contributed by atoms with Crippen molar-refractivity contribution in [3.8, 4) is 0 Å². The average molecular weight is 284 g/mol. The molecule has 0 spiro atoms. The molecule has 110 valence electrons. The SMILES string of the molecule is O=C(O)CCCCCCNc1ccc(F)cc1[N+](=O)[O-]. The van der Waals surface area contributed by atoms with Gasteiger partial charge in [0, 0.05) is 13.0 Å². The maximum absolute atomic E-state index is 12.9.